The van der Waals surface area contributed by atoms with Crippen LogP contribution in [0.4, 0.5) is 5.00 Å². The van der Waals surface area contributed by atoms with E-state index in [1.165, 1.54) is 10.4 Å². The van der Waals surface area contributed by atoms with E-state index in [0.29, 0.717) is 5.02 Å². The highest BCUT2D eigenvalue weighted by Gasteiger charge is 2.26. The molecular weight excluding hydrogens is 356 g/mol. The smallest absolute Gasteiger partial charge is 0.102 e. The Bertz CT molecular complexity index is 908. The molecule has 4 rings (SSSR count). The minimum atomic E-state index is 0.198. The molecule has 5 nitrogen and oxygen atoms in total. The highest BCUT2D eigenvalue weighted by atomic mass is 35.5. The van der Waals surface area contributed by atoms with Crippen LogP contribution in [-0.4, -0.2) is 47.3 Å². The number of hydrogen-bond donors (Lipinski definition) is 3. The molecule has 7 heteroatoms. The molecule has 132 valence electrons. The van der Waals surface area contributed by atoms with E-state index < -0.39 is 0 Å². The van der Waals surface area contributed by atoms with Gasteiger partial charge in [0.05, 0.1) is 16.1 Å². The minimum Gasteiger partial charge on any atom is -0.396 e. The predicted molar refractivity (Wildman–Crippen MR) is 103 cm³/mol. The number of aliphatic hydroxyl groups is 1. The fourth-order valence-corrected chi connectivity index (χ4v) is 4.58. The summed E-state index contributed by atoms with van der Waals surface area (Å²) in [7, 11) is 0. The molecule has 0 spiro atoms. The van der Waals surface area contributed by atoms with E-state index in [-0.39, 0.29) is 12.6 Å². The number of aromatic nitrogens is 1. The Hall–Kier alpha value is -1.60. The zero-order valence-corrected chi connectivity index (χ0v) is 15.6. The van der Waals surface area contributed by atoms with Gasteiger partial charge in [-0.3, -0.25) is 4.98 Å². The highest BCUT2D eigenvalue weighted by Crippen LogP contribution is 2.34. The molecule has 2 aliphatic heterocycles. The molecule has 1 atom stereocenters. The van der Waals surface area contributed by atoms with Gasteiger partial charge in [0.15, 0.2) is 0 Å². The number of anilines is 1. The molecule has 1 saturated heterocycles. The second kappa shape index (κ2) is 6.96. The van der Waals surface area contributed by atoms with Gasteiger partial charge in [-0.25, -0.2) is 0 Å². The molecule has 0 radical (unpaired) electrons. The first kappa shape index (κ1) is 16.8. The summed E-state index contributed by atoms with van der Waals surface area (Å²) >= 11 is 7.92. The van der Waals surface area contributed by atoms with Crippen LogP contribution in [0.2, 0.25) is 5.02 Å². The summed E-state index contributed by atoms with van der Waals surface area (Å²) in [5.41, 5.74) is 2.34. The number of aliphatic hydroxyl groups excluding tert-OH is 1. The average Bonchev–Trinajstić information content (AvgIpc) is 2.89. The van der Waals surface area contributed by atoms with Crippen LogP contribution in [-0.2, 0) is 0 Å². The number of aryl methyl sites for hydroxylation is 1. The van der Waals surface area contributed by atoms with E-state index in [1.807, 2.05) is 12.3 Å². The Kier molecular flexibility index (Phi) is 4.69. The average molecular weight is 377 g/mol. The predicted octanol–water partition coefficient (Wildman–Crippen LogP) is 1.08. The molecule has 0 aromatic carbocycles. The second-order valence-electron chi connectivity index (χ2n) is 6.44. The van der Waals surface area contributed by atoms with Crippen LogP contribution in [0.15, 0.2) is 18.3 Å². The van der Waals surface area contributed by atoms with Crippen molar-refractivity contribution >= 4 is 39.8 Å². The van der Waals surface area contributed by atoms with Crippen molar-refractivity contribution in [3.05, 3.63) is 44.4 Å². The molecular formula is C18H21ClN4OS. The summed E-state index contributed by atoms with van der Waals surface area (Å²) in [6.45, 7) is 4.99. The van der Waals surface area contributed by atoms with Crippen LogP contribution in [0.5, 0.6) is 0 Å². The Morgan fingerprint density at radius 1 is 1.44 bits per heavy atom. The maximum Gasteiger partial charge on any atom is 0.102 e. The lowest BCUT2D eigenvalue weighted by atomic mass is 10.1. The molecule has 2 aromatic heterocycles. The van der Waals surface area contributed by atoms with Crippen LogP contribution < -0.4 is 21.2 Å². The molecule has 0 aliphatic carbocycles. The number of piperazine rings is 1. The molecule has 0 bridgehead atoms. The number of thiophene rings is 1. The van der Waals surface area contributed by atoms with Crippen LogP contribution in [0.3, 0.4) is 0 Å². The molecule has 0 amide bonds. The van der Waals surface area contributed by atoms with Gasteiger partial charge in [0.1, 0.15) is 5.00 Å². The van der Waals surface area contributed by atoms with E-state index in [1.54, 1.807) is 17.5 Å². The lowest BCUT2D eigenvalue weighted by Gasteiger charge is -2.36. The Balaban J connectivity index is 1.89. The van der Waals surface area contributed by atoms with Crippen molar-refractivity contribution < 1.29 is 5.11 Å². The molecule has 1 fully saturated rings. The lowest BCUT2D eigenvalue weighted by Crippen LogP contribution is -2.52. The summed E-state index contributed by atoms with van der Waals surface area (Å²) in [6, 6.07) is 4.46. The monoisotopic (exact) mass is 376 g/mol. The number of fused-ring (bicyclic) bond motifs is 2. The molecule has 25 heavy (non-hydrogen) atoms. The maximum absolute atomic E-state index is 9.30. The van der Waals surface area contributed by atoms with Crippen molar-refractivity contribution in [1.82, 2.24) is 15.2 Å². The highest BCUT2D eigenvalue weighted by molar-refractivity contribution is 7.16. The Morgan fingerprint density at radius 2 is 2.32 bits per heavy atom. The Morgan fingerprint density at radius 3 is 3.16 bits per heavy atom. The number of nitrogens with zero attached hydrogens (tertiary/aromatic N) is 2. The summed E-state index contributed by atoms with van der Waals surface area (Å²) in [5.74, 6) is 0. The summed E-state index contributed by atoms with van der Waals surface area (Å²) in [4.78, 5) is 8.33. The minimum absolute atomic E-state index is 0.198. The van der Waals surface area contributed by atoms with Gasteiger partial charge in [-0.05, 0) is 25.5 Å². The van der Waals surface area contributed by atoms with Gasteiger partial charge in [0.25, 0.3) is 0 Å². The normalized spacial score (nSPS) is 19.6. The van der Waals surface area contributed by atoms with Crippen LogP contribution >= 0.6 is 22.9 Å². The van der Waals surface area contributed by atoms with Crippen molar-refractivity contribution in [2.24, 2.45) is 0 Å². The largest absolute Gasteiger partial charge is 0.396 e. The Labute approximate surface area is 155 Å². The molecule has 2 aliphatic rings. The van der Waals surface area contributed by atoms with Gasteiger partial charge < -0.3 is 20.6 Å². The van der Waals surface area contributed by atoms with Crippen LogP contribution in [0.1, 0.15) is 16.9 Å². The first-order valence-corrected chi connectivity index (χ1v) is 9.68. The quantitative estimate of drug-likeness (QED) is 0.748. The van der Waals surface area contributed by atoms with E-state index in [4.69, 9.17) is 11.6 Å². The second-order valence-corrected chi connectivity index (χ2v) is 8.13. The number of halogens is 1. The van der Waals surface area contributed by atoms with Crippen LogP contribution in [0, 0.1) is 6.92 Å². The number of nitrogens with one attached hydrogen (secondary N) is 2. The van der Waals surface area contributed by atoms with Crippen molar-refractivity contribution in [2.45, 2.75) is 19.4 Å². The van der Waals surface area contributed by atoms with Crippen LogP contribution in [0.25, 0.3) is 11.9 Å². The van der Waals surface area contributed by atoms with Crippen molar-refractivity contribution in [2.75, 3.05) is 31.6 Å². The van der Waals surface area contributed by atoms with E-state index in [0.717, 1.165) is 47.3 Å². The molecule has 4 heterocycles. The van der Waals surface area contributed by atoms with E-state index in [9.17, 15) is 5.11 Å². The van der Waals surface area contributed by atoms with Gasteiger partial charge in [-0.15, -0.1) is 11.3 Å². The van der Waals surface area contributed by atoms with Gasteiger partial charge in [-0.1, -0.05) is 11.6 Å². The topological polar surface area (TPSA) is 60.4 Å². The molecule has 3 N–H and O–H groups in total. The van der Waals surface area contributed by atoms with Gasteiger partial charge >= 0.3 is 0 Å². The van der Waals surface area contributed by atoms with E-state index >= 15 is 0 Å². The molecule has 1 unspecified atom stereocenters. The summed E-state index contributed by atoms with van der Waals surface area (Å²) in [6.07, 6.45) is 4.46. The maximum atomic E-state index is 9.30. The number of hydrogen-bond acceptors (Lipinski definition) is 6. The third-order valence-corrected chi connectivity index (χ3v) is 5.81. The number of rotatable bonds is 3. The van der Waals surface area contributed by atoms with Gasteiger partial charge in [0.2, 0.25) is 0 Å². The zero-order chi connectivity index (χ0) is 17.4. The summed E-state index contributed by atoms with van der Waals surface area (Å²) < 4.78 is 0. The zero-order valence-electron chi connectivity index (χ0n) is 14.1. The number of pyridine rings is 1. The first-order valence-electron chi connectivity index (χ1n) is 8.48. The molecule has 0 saturated carbocycles. The standard InChI is InChI=1S/C18H21ClN4OS/c1-11-6-15-17(23-4-3-20-14(10-23)2-5-24)16-12(7-13(19)9-21-16)8-22-18(15)25-11/h6-9,14,20,22,24H,2-5,10H2,1H3. The van der Waals surface area contributed by atoms with E-state index in [2.05, 4.69) is 33.5 Å². The van der Waals surface area contributed by atoms with Crippen molar-refractivity contribution in [3.8, 4) is 0 Å². The SMILES string of the molecule is Cc1cc2c(s1)NC=c1cc(Cl)cnc1=C2N1CCNC(CCO)C1. The van der Waals surface area contributed by atoms with Gasteiger partial charge in [-0.2, -0.15) is 0 Å². The molecule has 2 aromatic rings. The van der Waals surface area contributed by atoms with Crippen molar-refractivity contribution in [1.29, 1.82) is 0 Å². The third kappa shape index (κ3) is 3.27. The fourth-order valence-electron chi connectivity index (χ4n) is 3.53. The first-order chi connectivity index (χ1) is 12.2. The summed E-state index contributed by atoms with van der Waals surface area (Å²) in [5, 5.41) is 20.0. The lowest BCUT2D eigenvalue weighted by molar-refractivity contribution is 0.217. The van der Waals surface area contributed by atoms with Crippen molar-refractivity contribution in [3.63, 3.8) is 0 Å². The third-order valence-electron chi connectivity index (χ3n) is 4.63. The fraction of sp³-hybridized carbons (Fsp3) is 0.389. The van der Waals surface area contributed by atoms with Gasteiger partial charge in [0, 0.05) is 60.3 Å².